The summed E-state index contributed by atoms with van der Waals surface area (Å²) in [4.78, 5) is 37.0. The zero-order chi connectivity index (χ0) is 16.6. The van der Waals surface area contributed by atoms with Crippen molar-refractivity contribution in [1.82, 2.24) is 9.47 Å². The number of non-ortho nitro benzene ring substituents is 1. The number of likely N-dealkylation sites (tertiary alicyclic amines) is 1. The van der Waals surface area contributed by atoms with E-state index in [2.05, 4.69) is 0 Å². The minimum atomic E-state index is -0.599. The van der Waals surface area contributed by atoms with Crippen LogP contribution >= 0.6 is 0 Å². The molecule has 23 heavy (non-hydrogen) atoms. The highest BCUT2D eigenvalue weighted by atomic mass is 16.6. The Hall–Kier alpha value is -2.70. The van der Waals surface area contributed by atoms with Crippen LogP contribution in [0.1, 0.15) is 29.6 Å². The van der Waals surface area contributed by atoms with E-state index in [1.807, 2.05) is 0 Å². The standard InChI is InChI=1S/C16H17N3O4/c1-17-10-13(12-9-11(19(22)23)5-6-14(12)17)15(20)16(21)18-7-3-2-4-8-18/h5-6,9-10H,2-4,7-8H2,1H3. The van der Waals surface area contributed by atoms with Crippen molar-refractivity contribution in [2.75, 3.05) is 13.1 Å². The van der Waals surface area contributed by atoms with E-state index in [1.165, 1.54) is 12.1 Å². The number of carbonyl (C=O) groups excluding carboxylic acids is 2. The van der Waals surface area contributed by atoms with Crippen LogP contribution in [0.15, 0.2) is 24.4 Å². The van der Waals surface area contributed by atoms with Gasteiger partial charge in [0.15, 0.2) is 0 Å². The van der Waals surface area contributed by atoms with E-state index in [4.69, 9.17) is 0 Å². The van der Waals surface area contributed by atoms with Crippen LogP contribution in [0, 0.1) is 10.1 Å². The van der Waals surface area contributed by atoms with Crippen LogP contribution < -0.4 is 0 Å². The van der Waals surface area contributed by atoms with E-state index < -0.39 is 16.6 Å². The van der Waals surface area contributed by atoms with Crippen molar-refractivity contribution in [3.05, 3.63) is 40.1 Å². The van der Waals surface area contributed by atoms with Crippen molar-refractivity contribution >= 4 is 28.3 Å². The second kappa shape index (κ2) is 5.83. The maximum Gasteiger partial charge on any atom is 0.295 e. The third-order valence-corrected chi connectivity index (χ3v) is 4.27. The Bertz CT molecular complexity index is 803. The van der Waals surface area contributed by atoms with Crippen molar-refractivity contribution in [2.24, 2.45) is 7.05 Å². The molecule has 3 rings (SSSR count). The SMILES string of the molecule is Cn1cc(C(=O)C(=O)N2CCCCC2)c2cc([N+](=O)[O-])ccc21. The highest BCUT2D eigenvalue weighted by Crippen LogP contribution is 2.26. The molecule has 1 aliphatic heterocycles. The van der Waals surface area contributed by atoms with Crippen LogP contribution in [0.2, 0.25) is 0 Å². The summed E-state index contributed by atoms with van der Waals surface area (Å²) in [6.45, 7) is 1.19. The van der Waals surface area contributed by atoms with Crippen LogP contribution in [0.4, 0.5) is 5.69 Å². The molecule has 120 valence electrons. The molecule has 1 amide bonds. The number of Topliss-reactive ketones (excluding diaryl/α,β-unsaturated/α-hetero) is 1. The van der Waals surface area contributed by atoms with Crippen molar-refractivity contribution in [3.63, 3.8) is 0 Å². The topological polar surface area (TPSA) is 85.5 Å². The summed E-state index contributed by atoms with van der Waals surface area (Å²) in [6, 6.07) is 4.34. The molecule has 2 heterocycles. The molecule has 1 fully saturated rings. The number of rotatable bonds is 3. The molecule has 1 saturated heterocycles. The lowest BCUT2D eigenvalue weighted by molar-refractivity contribution is -0.384. The van der Waals surface area contributed by atoms with Gasteiger partial charge in [-0.05, 0) is 25.3 Å². The van der Waals surface area contributed by atoms with E-state index in [1.54, 1.807) is 28.8 Å². The third kappa shape index (κ3) is 2.69. The van der Waals surface area contributed by atoms with Crippen LogP contribution in [0.5, 0.6) is 0 Å². The lowest BCUT2D eigenvalue weighted by Crippen LogP contribution is -2.40. The highest BCUT2D eigenvalue weighted by Gasteiger charge is 2.27. The minimum Gasteiger partial charge on any atom is -0.350 e. The normalized spacial score (nSPS) is 14.9. The number of amides is 1. The van der Waals surface area contributed by atoms with E-state index in [-0.39, 0.29) is 11.3 Å². The first-order chi connectivity index (χ1) is 11.0. The fourth-order valence-electron chi connectivity index (χ4n) is 3.03. The van der Waals surface area contributed by atoms with E-state index in [0.29, 0.717) is 24.0 Å². The Kier molecular flexibility index (Phi) is 3.85. The molecule has 0 radical (unpaired) electrons. The zero-order valence-corrected chi connectivity index (χ0v) is 12.8. The average molecular weight is 315 g/mol. The monoisotopic (exact) mass is 315 g/mol. The molecule has 1 aromatic carbocycles. The molecule has 0 N–H and O–H groups in total. The molecule has 0 atom stereocenters. The largest absolute Gasteiger partial charge is 0.350 e. The number of benzene rings is 1. The predicted octanol–water partition coefficient (Wildman–Crippen LogP) is 2.28. The predicted molar refractivity (Wildman–Crippen MR) is 84.3 cm³/mol. The number of aryl methyl sites for hydroxylation is 1. The first-order valence-corrected chi connectivity index (χ1v) is 7.56. The Labute approximate surface area is 132 Å². The molecular formula is C16H17N3O4. The summed E-state index contributed by atoms with van der Waals surface area (Å²) in [5, 5.41) is 11.4. The Morgan fingerprint density at radius 2 is 1.87 bits per heavy atom. The summed E-state index contributed by atoms with van der Waals surface area (Å²) in [5.41, 5.74) is 0.815. The number of hydrogen-bond donors (Lipinski definition) is 0. The van der Waals surface area contributed by atoms with Gasteiger partial charge in [0.05, 0.1) is 10.5 Å². The fraction of sp³-hybridized carbons (Fsp3) is 0.375. The van der Waals surface area contributed by atoms with Crippen LogP contribution in [-0.4, -0.2) is 39.2 Å². The second-order valence-corrected chi connectivity index (χ2v) is 5.79. The summed E-state index contributed by atoms with van der Waals surface area (Å²) >= 11 is 0. The van der Waals surface area contributed by atoms with Crippen molar-refractivity contribution in [3.8, 4) is 0 Å². The molecular weight excluding hydrogens is 298 g/mol. The van der Waals surface area contributed by atoms with Gasteiger partial charge in [0, 0.05) is 49.4 Å². The van der Waals surface area contributed by atoms with Crippen LogP contribution in [0.3, 0.4) is 0 Å². The summed E-state index contributed by atoms with van der Waals surface area (Å²) in [6.07, 6.45) is 4.44. The smallest absolute Gasteiger partial charge is 0.295 e. The third-order valence-electron chi connectivity index (χ3n) is 4.27. The van der Waals surface area contributed by atoms with E-state index in [9.17, 15) is 19.7 Å². The number of nitrogens with zero attached hydrogens (tertiary/aromatic N) is 3. The molecule has 0 unspecified atom stereocenters. The second-order valence-electron chi connectivity index (χ2n) is 5.79. The quantitative estimate of drug-likeness (QED) is 0.376. The molecule has 7 heteroatoms. The van der Waals surface area contributed by atoms with Gasteiger partial charge in [0.25, 0.3) is 17.4 Å². The van der Waals surface area contributed by atoms with Gasteiger partial charge in [-0.1, -0.05) is 0 Å². The Balaban J connectivity index is 2.01. The molecule has 0 bridgehead atoms. The van der Waals surface area contributed by atoms with Crippen LogP contribution in [-0.2, 0) is 11.8 Å². The number of fused-ring (bicyclic) bond motifs is 1. The fourth-order valence-corrected chi connectivity index (χ4v) is 3.03. The maximum atomic E-state index is 12.6. The van der Waals surface area contributed by atoms with Crippen molar-refractivity contribution < 1.29 is 14.5 Å². The van der Waals surface area contributed by atoms with E-state index in [0.717, 1.165) is 19.3 Å². The Morgan fingerprint density at radius 1 is 1.17 bits per heavy atom. The van der Waals surface area contributed by atoms with Gasteiger partial charge in [0.2, 0.25) is 0 Å². The van der Waals surface area contributed by atoms with Gasteiger partial charge in [-0.25, -0.2) is 0 Å². The lowest BCUT2D eigenvalue weighted by atomic mass is 10.1. The zero-order valence-electron chi connectivity index (χ0n) is 12.8. The number of nitro benzene ring substituents is 1. The first-order valence-electron chi connectivity index (χ1n) is 7.56. The van der Waals surface area contributed by atoms with Gasteiger partial charge in [-0.3, -0.25) is 19.7 Å². The summed E-state index contributed by atoms with van der Waals surface area (Å²) in [5.74, 6) is -1.12. The summed E-state index contributed by atoms with van der Waals surface area (Å²) in [7, 11) is 1.75. The summed E-state index contributed by atoms with van der Waals surface area (Å²) < 4.78 is 1.70. The molecule has 1 aliphatic rings. The number of ketones is 1. The number of carbonyl (C=O) groups is 2. The molecule has 0 aliphatic carbocycles. The average Bonchev–Trinajstić information content (AvgIpc) is 2.90. The molecule has 0 spiro atoms. The lowest BCUT2D eigenvalue weighted by Gasteiger charge is -2.25. The van der Waals surface area contributed by atoms with Gasteiger partial charge >= 0.3 is 0 Å². The van der Waals surface area contributed by atoms with Gasteiger partial charge in [-0.15, -0.1) is 0 Å². The Morgan fingerprint density at radius 3 is 2.52 bits per heavy atom. The highest BCUT2D eigenvalue weighted by molar-refractivity contribution is 6.44. The number of nitro groups is 1. The van der Waals surface area contributed by atoms with Crippen LogP contribution in [0.25, 0.3) is 10.9 Å². The molecule has 7 nitrogen and oxygen atoms in total. The number of aromatic nitrogens is 1. The molecule has 1 aromatic heterocycles. The van der Waals surface area contributed by atoms with Gasteiger partial charge < -0.3 is 9.47 Å². The molecule has 2 aromatic rings. The maximum absolute atomic E-state index is 12.6. The van der Waals surface area contributed by atoms with Crippen molar-refractivity contribution in [2.45, 2.75) is 19.3 Å². The molecule has 0 saturated carbocycles. The van der Waals surface area contributed by atoms with Gasteiger partial charge in [-0.2, -0.15) is 0 Å². The minimum absolute atomic E-state index is 0.0943. The van der Waals surface area contributed by atoms with Gasteiger partial charge in [0.1, 0.15) is 0 Å². The van der Waals surface area contributed by atoms with E-state index >= 15 is 0 Å². The number of piperidine rings is 1. The number of hydrogen-bond acceptors (Lipinski definition) is 4. The first kappa shape index (κ1) is 15.2. The van der Waals surface area contributed by atoms with Crippen molar-refractivity contribution in [1.29, 1.82) is 0 Å².